The zero-order chi connectivity index (χ0) is 12.0. The zero-order valence-corrected chi connectivity index (χ0v) is 10.5. The van der Waals surface area contributed by atoms with Crippen molar-refractivity contribution in [3.63, 3.8) is 0 Å². The van der Waals surface area contributed by atoms with Gasteiger partial charge < -0.3 is 4.90 Å². The van der Waals surface area contributed by atoms with E-state index >= 15 is 0 Å². The van der Waals surface area contributed by atoms with Crippen molar-refractivity contribution in [2.24, 2.45) is 0 Å². The number of carbonyl (C=O) groups excluding carboxylic acids is 1. The van der Waals surface area contributed by atoms with Gasteiger partial charge in [-0.1, -0.05) is 0 Å². The van der Waals surface area contributed by atoms with E-state index in [0.29, 0.717) is 24.5 Å². The number of nitrogens with zero attached hydrogens (tertiary/aromatic N) is 2. The standard InChI is InChI=1S/C12H17ClN2O/c1-3-15(9-5-7-13)12(16)11-6-4-8-14-10(11)2/h4,6,8H,3,5,7,9H2,1-2H3. The van der Waals surface area contributed by atoms with Crippen molar-refractivity contribution < 1.29 is 4.79 Å². The van der Waals surface area contributed by atoms with Gasteiger partial charge in [0, 0.05) is 30.9 Å². The lowest BCUT2D eigenvalue weighted by Gasteiger charge is -2.20. The Kier molecular flexibility index (Phi) is 5.26. The molecule has 0 radical (unpaired) electrons. The molecule has 1 aromatic heterocycles. The van der Waals surface area contributed by atoms with E-state index in [-0.39, 0.29) is 5.91 Å². The maximum Gasteiger partial charge on any atom is 0.255 e. The lowest BCUT2D eigenvalue weighted by Crippen LogP contribution is -2.32. The van der Waals surface area contributed by atoms with Crippen LogP contribution in [-0.4, -0.2) is 34.8 Å². The van der Waals surface area contributed by atoms with Gasteiger partial charge in [0.1, 0.15) is 0 Å². The summed E-state index contributed by atoms with van der Waals surface area (Å²) >= 11 is 5.63. The molecule has 4 heteroatoms. The Labute approximate surface area is 101 Å². The first kappa shape index (κ1) is 13.0. The van der Waals surface area contributed by atoms with Gasteiger partial charge >= 0.3 is 0 Å². The lowest BCUT2D eigenvalue weighted by atomic mass is 10.2. The summed E-state index contributed by atoms with van der Waals surface area (Å²) in [4.78, 5) is 18.1. The van der Waals surface area contributed by atoms with Crippen molar-refractivity contribution >= 4 is 17.5 Å². The summed E-state index contributed by atoms with van der Waals surface area (Å²) in [6.07, 6.45) is 2.52. The molecule has 0 bridgehead atoms. The molecule has 0 aromatic carbocycles. The Morgan fingerprint density at radius 2 is 2.31 bits per heavy atom. The average molecular weight is 241 g/mol. The molecule has 3 nitrogen and oxygen atoms in total. The zero-order valence-electron chi connectivity index (χ0n) is 9.74. The quantitative estimate of drug-likeness (QED) is 0.741. The molecule has 0 N–H and O–H groups in total. The van der Waals surface area contributed by atoms with Crippen LogP contribution in [0.3, 0.4) is 0 Å². The van der Waals surface area contributed by atoms with Crippen molar-refractivity contribution in [3.05, 3.63) is 29.6 Å². The Morgan fingerprint density at radius 1 is 1.56 bits per heavy atom. The molecule has 0 saturated carbocycles. The fraction of sp³-hybridized carbons (Fsp3) is 0.500. The third kappa shape index (κ3) is 3.20. The first-order valence-electron chi connectivity index (χ1n) is 5.47. The molecular weight excluding hydrogens is 224 g/mol. The summed E-state index contributed by atoms with van der Waals surface area (Å²) in [5, 5.41) is 0. The Bertz CT molecular complexity index is 355. The second-order valence-corrected chi connectivity index (χ2v) is 3.94. The highest BCUT2D eigenvalue weighted by atomic mass is 35.5. The maximum absolute atomic E-state index is 12.1. The van der Waals surface area contributed by atoms with E-state index in [4.69, 9.17) is 11.6 Å². The van der Waals surface area contributed by atoms with Crippen LogP contribution in [0.5, 0.6) is 0 Å². The first-order chi connectivity index (χ1) is 7.70. The number of carbonyl (C=O) groups is 1. The monoisotopic (exact) mass is 240 g/mol. The van der Waals surface area contributed by atoms with Crippen molar-refractivity contribution in [2.45, 2.75) is 20.3 Å². The normalized spacial score (nSPS) is 10.2. The lowest BCUT2D eigenvalue weighted by molar-refractivity contribution is 0.0763. The Balaban J connectivity index is 2.79. The summed E-state index contributed by atoms with van der Waals surface area (Å²) in [5.74, 6) is 0.619. The number of pyridine rings is 1. The smallest absolute Gasteiger partial charge is 0.255 e. The van der Waals surface area contributed by atoms with Gasteiger partial charge in [-0.05, 0) is 32.4 Å². The number of rotatable bonds is 5. The SMILES string of the molecule is CCN(CCCCl)C(=O)c1cccnc1C. The first-order valence-corrected chi connectivity index (χ1v) is 6.01. The number of amides is 1. The van der Waals surface area contributed by atoms with Gasteiger partial charge in [-0.25, -0.2) is 0 Å². The minimum Gasteiger partial charge on any atom is -0.339 e. The van der Waals surface area contributed by atoms with Gasteiger partial charge in [-0.3, -0.25) is 9.78 Å². The van der Waals surface area contributed by atoms with Crippen LogP contribution in [0, 0.1) is 6.92 Å². The summed E-state index contributed by atoms with van der Waals surface area (Å²) < 4.78 is 0. The van der Waals surface area contributed by atoms with Gasteiger partial charge in [0.15, 0.2) is 0 Å². The molecule has 16 heavy (non-hydrogen) atoms. The fourth-order valence-electron chi connectivity index (χ4n) is 1.53. The molecule has 1 rings (SSSR count). The van der Waals surface area contributed by atoms with Gasteiger partial charge in [-0.15, -0.1) is 11.6 Å². The van der Waals surface area contributed by atoms with Crippen molar-refractivity contribution in [2.75, 3.05) is 19.0 Å². The van der Waals surface area contributed by atoms with E-state index in [9.17, 15) is 4.79 Å². The second kappa shape index (κ2) is 6.48. The molecule has 0 aliphatic heterocycles. The van der Waals surface area contributed by atoms with Crippen molar-refractivity contribution in [1.82, 2.24) is 9.88 Å². The summed E-state index contributed by atoms with van der Waals surface area (Å²) in [6.45, 7) is 5.22. The van der Waals surface area contributed by atoms with Crippen molar-refractivity contribution in [3.8, 4) is 0 Å². The molecule has 0 unspecified atom stereocenters. The van der Waals surface area contributed by atoms with Crippen LogP contribution in [0.15, 0.2) is 18.3 Å². The number of halogens is 1. The number of aromatic nitrogens is 1. The van der Waals surface area contributed by atoms with Crippen LogP contribution in [-0.2, 0) is 0 Å². The average Bonchev–Trinajstić information content (AvgIpc) is 2.30. The second-order valence-electron chi connectivity index (χ2n) is 3.56. The van der Waals surface area contributed by atoms with Crippen LogP contribution in [0.25, 0.3) is 0 Å². The molecule has 1 aromatic rings. The van der Waals surface area contributed by atoms with E-state index in [1.807, 2.05) is 19.9 Å². The number of hydrogen-bond acceptors (Lipinski definition) is 2. The molecule has 0 atom stereocenters. The summed E-state index contributed by atoms with van der Waals surface area (Å²) in [5.41, 5.74) is 1.45. The largest absolute Gasteiger partial charge is 0.339 e. The van der Waals surface area contributed by atoms with E-state index < -0.39 is 0 Å². The molecule has 0 aliphatic rings. The van der Waals surface area contributed by atoms with Gasteiger partial charge in [0.05, 0.1) is 5.56 Å². The molecule has 1 heterocycles. The van der Waals surface area contributed by atoms with Gasteiger partial charge in [-0.2, -0.15) is 0 Å². The predicted octanol–water partition coefficient (Wildman–Crippen LogP) is 2.48. The molecule has 0 fully saturated rings. The summed E-state index contributed by atoms with van der Waals surface area (Å²) in [7, 11) is 0. The number of aryl methyl sites for hydroxylation is 1. The minimum absolute atomic E-state index is 0.0400. The highest BCUT2D eigenvalue weighted by Crippen LogP contribution is 2.08. The topological polar surface area (TPSA) is 33.2 Å². The van der Waals surface area contributed by atoms with Gasteiger partial charge in [0.25, 0.3) is 5.91 Å². The molecule has 88 valence electrons. The molecule has 1 amide bonds. The Hall–Kier alpha value is -1.09. The number of alkyl halides is 1. The molecule has 0 aliphatic carbocycles. The Morgan fingerprint density at radius 3 is 2.88 bits per heavy atom. The summed E-state index contributed by atoms with van der Waals surface area (Å²) in [6, 6.07) is 3.60. The number of hydrogen-bond donors (Lipinski definition) is 0. The maximum atomic E-state index is 12.1. The third-order valence-corrected chi connectivity index (χ3v) is 2.74. The van der Waals surface area contributed by atoms with E-state index in [1.165, 1.54) is 0 Å². The van der Waals surface area contributed by atoms with E-state index in [1.54, 1.807) is 17.2 Å². The van der Waals surface area contributed by atoms with Crippen LogP contribution >= 0.6 is 11.6 Å². The predicted molar refractivity (Wildman–Crippen MR) is 65.9 cm³/mol. The van der Waals surface area contributed by atoms with Crippen LogP contribution in [0.1, 0.15) is 29.4 Å². The minimum atomic E-state index is 0.0400. The van der Waals surface area contributed by atoms with Gasteiger partial charge in [0.2, 0.25) is 0 Å². The fourth-order valence-corrected chi connectivity index (χ4v) is 1.65. The molecular formula is C12H17ClN2O. The van der Waals surface area contributed by atoms with E-state index in [2.05, 4.69) is 4.98 Å². The van der Waals surface area contributed by atoms with E-state index in [0.717, 1.165) is 12.1 Å². The highest BCUT2D eigenvalue weighted by Gasteiger charge is 2.15. The van der Waals surface area contributed by atoms with Crippen LogP contribution in [0.2, 0.25) is 0 Å². The highest BCUT2D eigenvalue weighted by molar-refractivity contribution is 6.17. The van der Waals surface area contributed by atoms with Crippen LogP contribution < -0.4 is 0 Å². The third-order valence-electron chi connectivity index (χ3n) is 2.47. The van der Waals surface area contributed by atoms with Crippen LogP contribution in [0.4, 0.5) is 0 Å². The molecule has 0 saturated heterocycles. The molecule has 0 spiro atoms. The van der Waals surface area contributed by atoms with Crippen molar-refractivity contribution in [1.29, 1.82) is 0 Å².